The molecule has 0 saturated carbocycles. The zero-order valence-corrected chi connectivity index (χ0v) is 24.2. The lowest BCUT2D eigenvalue weighted by atomic mass is 10.1. The average Bonchev–Trinajstić information content (AvgIpc) is 3.29. The van der Waals surface area contributed by atoms with E-state index in [0.29, 0.717) is 30.8 Å². The second-order valence-corrected chi connectivity index (χ2v) is 11.2. The van der Waals surface area contributed by atoms with Gasteiger partial charge in [-0.05, 0) is 56.2 Å². The van der Waals surface area contributed by atoms with Crippen molar-refractivity contribution in [2.45, 2.75) is 42.3 Å². The zero-order valence-electron chi connectivity index (χ0n) is 21.8. The maximum Gasteiger partial charge on any atom is 0.319 e. The van der Waals surface area contributed by atoms with Crippen molar-refractivity contribution < 1.29 is 24.0 Å². The van der Waals surface area contributed by atoms with Crippen molar-refractivity contribution in [3.8, 4) is 0 Å². The first-order valence-electron chi connectivity index (χ1n) is 12.1. The minimum absolute atomic E-state index is 0.113. The normalized spacial score (nSPS) is 17.4. The molecule has 1 aromatic rings. The molecule has 0 aromatic heterocycles. The van der Waals surface area contributed by atoms with Crippen molar-refractivity contribution in [2.75, 3.05) is 48.7 Å². The minimum atomic E-state index is -0.999. The quantitative estimate of drug-likeness (QED) is 0.160. The molecule has 0 unspecified atom stereocenters. The van der Waals surface area contributed by atoms with Crippen LogP contribution in [0.15, 0.2) is 29.2 Å². The number of rotatable bonds is 14. The number of thioether (sulfide) groups is 3. The molecule has 1 aromatic carbocycles. The summed E-state index contributed by atoms with van der Waals surface area (Å²) in [5, 5.41) is 11.0. The van der Waals surface area contributed by atoms with Crippen molar-refractivity contribution in [1.82, 2.24) is 20.9 Å². The summed E-state index contributed by atoms with van der Waals surface area (Å²) in [6.07, 6.45) is 6.56. The fraction of sp³-hybridized carbons (Fsp3) is 0.542. The number of carbonyl (C=O) groups is 5. The van der Waals surface area contributed by atoms with Crippen LogP contribution in [0.3, 0.4) is 0 Å². The van der Waals surface area contributed by atoms with Crippen LogP contribution in [0.1, 0.15) is 19.3 Å². The summed E-state index contributed by atoms with van der Waals surface area (Å²) in [5.74, 6) is -1.12. The Balaban J connectivity index is 2.08. The summed E-state index contributed by atoms with van der Waals surface area (Å²) in [5.41, 5.74) is 6.13. The number of benzene rings is 1. The largest absolute Gasteiger partial charge is 0.368 e. The topological polar surface area (TPSA) is 163 Å². The number of hydrogen-bond donors (Lipinski definition) is 5. The van der Waals surface area contributed by atoms with Gasteiger partial charge < -0.3 is 31.9 Å². The molecule has 1 aliphatic rings. The number of hydrogen-bond acceptors (Lipinski definition) is 8. The molecular formula is C24H36N6O5S3. The van der Waals surface area contributed by atoms with Crippen molar-refractivity contribution >= 4 is 70.6 Å². The van der Waals surface area contributed by atoms with Crippen LogP contribution >= 0.6 is 35.3 Å². The molecule has 3 atom stereocenters. The SMILES string of the molecule is CSCC(=O)NCCC[C@H](NC(=O)[C@@H]1[C@@H](NC(=O)Nc2cccc(SC)c2)CCN1C(=O)CSC)C(N)=O. The van der Waals surface area contributed by atoms with E-state index in [2.05, 4.69) is 21.3 Å². The van der Waals surface area contributed by atoms with Crippen LogP contribution in [0.2, 0.25) is 0 Å². The number of nitrogens with zero attached hydrogens (tertiary/aromatic N) is 1. The summed E-state index contributed by atoms with van der Waals surface area (Å²) in [7, 11) is 0. The van der Waals surface area contributed by atoms with Gasteiger partial charge in [-0.1, -0.05) is 6.07 Å². The van der Waals surface area contributed by atoms with E-state index in [-0.39, 0.29) is 30.5 Å². The molecule has 0 bridgehead atoms. The summed E-state index contributed by atoms with van der Waals surface area (Å²) in [4.78, 5) is 65.0. The highest BCUT2D eigenvalue weighted by Crippen LogP contribution is 2.22. The Morgan fingerprint density at radius 1 is 1.11 bits per heavy atom. The van der Waals surface area contributed by atoms with E-state index in [1.165, 1.54) is 28.4 Å². The Hall–Kier alpha value is -2.58. The van der Waals surface area contributed by atoms with Crippen LogP contribution in [0.4, 0.5) is 10.5 Å². The van der Waals surface area contributed by atoms with E-state index in [9.17, 15) is 24.0 Å². The Bertz CT molecular complexity index is 998. The van der Waals surface area contributed by atoms with Crippen LogP contribution in [0.25, 0.3) is 0 Å². The van der Waals surface area contributed by atoms with Crippen LogP contribution in [-0.4, -0.2) is 96.0 Å². The van der Waals surface area contributed by atoms with E-state index in [1.54, 1.807) is 24.1 Å². The van der Waals surface area contributed by atoms with Gasteiger partial charge in [0.25, 0.3) is 0 Å². The molecule has 0 spiro atoms. The monoisotopic (exact) mass is 584 g/mol. The fourth-order valence-corrected chi connectivity index (χ4v) is 5.29. The first-order valence-corrected chi connectivity index (χ1v) is 16.1. The maximum absolute atomic E-state index is 13.4. The lowest BCUT2D eigenvalue weighted by Crippen LogP contribution is -2.58. The predicted molar refractivity (Wildman–Crippen MR) is 154 cm³/mol. The van der Waals surface area contributed by atoms with Gasteiger partial charge in [0.1, 0.15) is 12.1 Å². The number of urea groups is 1. The highest BCUT2D eigenvalue weighted by atomic mass is 32.2. The molecule has 1 aliphatic heterocycles. The van der Waals surface area contributed by atoms with Gasteiger partial charge in [0.2, 0.25) is 23.6 Å². The lowest BCUT2D eigenvalue weighted by Gasteiger charge is -2.29. The molecule has 1 fully saturated rings. The molecule has 0 aliphatic carbocycles. The van der Waals surface area contributed by atoms with Gasteiger partial charge in [0.15, 0.2) is 0 Å². The molecule has 11 nitrogen and oxygen atoms in total. The van der Waals surface area contributed by atoms with E-state index in [1.807, 2.05) is 30.7 Å². The number of nitrogens with two attached hydrogens (primary N) is 1. The Labute approximate surface area is 235 Å². The number of primary amides is 1. The van der Waals surface area contributed by atoms with Crippen molar-refractivity contribution in [3.05, 3.63) is 24.3 Å². The Morgan fingerprint density at radius 2 is 1.84 bits per heavy atom. The average molecular weight is 585 g/mol. The summed E-state index contributed by atoms with van der Waals surface area (Å²) in [6, 6.07) is 4.19. The van der Waals surface area contributed by atoms with Gasteiger partial charge in [0.05, 0.1) is 17.5 Å². The number of carbonyl (C=O) groups excluding carboxylic acids is 5. The van der Waals surface area contributed by atoms with Crippen molar-refractivity contribution in [2.24, 2.45) is 5.73 Å². The van der Waals surface area contributed by atoms with Gasteiger partial charge in [-0.15, -0.1) is 11.8 Å². The molecule has 1 heterocycles. The van der Waals surface area contributed by atoms with Crippen LogP contribution in [0.5, 0.6) is 0 Å². The Kier molecular flexibility index (Phi) is 13.7. The fourth-order valence-electron chi connectivity index (χ4n) is 4.05. The third-order valence-electron chi connectivity index (χ3n) is 5.83. The summed E-state index contributed by atoms with van der Waals surface area (Å²) in [6.45, 7) is 0.621. The third kappa shape index (κ3) is 9.95. The Morgan fingerprint density at radius 3 is 2.50 bits per heavy atom. The zero-order chi connectivity index (χ0) is 28.1. The molecule has 2 rings (SSSR count). The van der Waals surface area contributed by atoms with E-state index < -0.39 is 36.0 Å². The van der Waals surface area contributed by atoms with E-state index in [4.69, 9.17) is 5.73 Å². The first kappa shape index (κ1) is 31.6. The number of amides is 6. The molecule has 210 valence electrons. The van der Waals surface area contributed by atoms with Crippen LogP contribution < -0.4 is 27.0 Å². The van der Waals surface area contributed by atoms with Crippen molar-refractivity contribution in [3.63, 3.8) is 0 Å². The van der Waals surface area contributed by atoms with E-state index >= 15 is 0 Å². The molecule has 38 heavy (non-hydrogen) atoms. The van der Waals surface area contributed by atoms with Gasteiger partial charge in [-0.3, -0.25) is 19.2 Å². The number of anilines is 1. The summed E-state index contributed by atoms with van der Waals surface area (Å²) >= 11 is 4.28. The summed E-state index contributed by atoms with van der Waals surface area (Å²) < 4.78 is 0. The van der Waals surface area contributed by atoms with E-state index in [0.717, 1.165) is 4.90 Å². The van der Waals surface area contributed by atoms with Gasteiger partial charge >= 0.3 is 6.03 Å². The molecule has 1 saturated heterocycles. The van der Waals surface area contributed by atoms with Gasteiger partial charge in [0, 0.05) is 23.7 Å². The highest BCUT2D eigenvalue weighted by Gasteiger charge is 2.43. The van der Waals surface area contributed by atoms with Crippen LogP contribution in [-0.2, 0) is 19.2 Å². The molecule has 6 N–H and O–H groups in total. The number of nitrogens with one attached hydrogen (secondary N) is 4. The smallest absolute Gasteiger partial charge is 0.319 e. The standard InChI is InChI=1S/C24H36N6O5S3/c1-36-13-19(31)26-10-5-8-18(22(25)33)28-23(34)21-17(9-11-30(21)20(32)14-37-2)29-24(35)27-15-6-4-7-16(12-15)38-3/h4,6-7,12,17-18,21H,5,8-11,13-14H2,1-3H3,(H2,25,33)(H,26,31)(H,28,34)(H2,27,29,35)/t17-,18-,21-/m0/s1. The highest BCUT2D eigenvalue weighted by molar-refractivity contribution is 7.99. The first-order chi connectivity index (χ1) is 18.2. The maximum atomic E-state index is 13.4. The second-order valence-electron chi connectivity index (χ2n) is 8.58. The molecule has 6 amide bonds. The predicted octanol–water partition coefficient (Wildman–Crippen LogP) is 1.09. The molecule has 0 radical (unpaired) electrons. The van der Waals surface area contributed by atoms with Crippen LogP contribution in [0, 0.1) is 0 Å². The molecular weight excluding hydrogens is 549 g/mol. The van der Waals surface area contributed by atoms with Gasteiger partial charge in [-0.2, -0.15) is 23.5 Å². The second kappa shape index (κ2) is 16.4. The van der Waals surface area contributed by atoms with Crippen molar-refractivity contribution in [1.29, 1.82) is 0 Å². The lowest BCUT2D eigenvalue weighted by molar-refractivity contribution is -0.138. The van der Waals surface area contributed by atoms with Gasteiger partial charge in [-0.25, -0.2) is 4.79 Å². The minimum Gasteiger partial charge on any atom is -0.368 e. The third-order valence-corrected chi connectivity index (χ3v) is 7.64. The molecule has 14 heteroatoms. The number of likely N-dealkylation sites (tertiary alicyclic amines) is 1.